The van der Waals surface area contributed by atoms with Crippen molar-refractivity contribution in [2.45, 2.75) is 13.3 Å². The third-order valence-corrected chi connectivity index (χ3v) is 1.70. The Balaban J connectivity index is 2.22. The Morgan fingerprint density at radius 2 is 2.50 bits per heavy atom. The molecule has 0 saturated heterocycles. The predicted octanol–water partition coefficient (Wildman–Crippen LogP) is 0.104. The van der Waals surface area contributed by atoms with E-state index in [4.69, 9.17) is 4.74 Å². The zero-order chi connectivity index (χ0) is 10.4. The lowest BCUT2D eigenvalue weighted by Gasteiger charge is -2.04. The van der Waals surface area contributed by atoms with Gasteiger partial charge < -0.3 is 14.6 Å². The predicted molar refractivity (Wildman–Crippen MR) is 49.7 cm³/mol. The van der Waals surface area contributed by atoms with Crippen LogP contribution in [0.2, 0.25) is 0 Å². The van der Waals surface area contributed by atoms with Crippen LogP contribution in [0.25, 0.3) is 0 Å². The summed E-state index contributed by atoms with van der Waals surface area (Å²) >= 11 is 0. The molecular weight excluding hydrogens is 184 g/mol. The molecule has 0 radical (unpaired) electrons. The molecule has 0 unspecified atom stereocenters. The van der Waals surface area contributed by atoms with Crippen LogP contribution in [0.4, 0.5) is 4.79 Å². The zero-order valence-electron chi connectivity index (χ0n) is 8.36. The lowest BCUT2D eigenvalue weighted by atomic mass is 10.4. The van der Waals surface area contributed by atoms with E-state index in [1.165, 1.54) is 0 Å². The number of carbonyl (C=O) groups excluding carboxylic acids is 1. The number of amides is 1. The van der Waals surface area contributed by atoms with Gasteiger partial charge in [-0.25, -0.2) is 4.79 Å². The molecule has 78 valence electrons. The molecule has 1 amide bonds. The van der Waals surface area contributed by atoms with Crippen molar-refractivity contribution in [2.24, 2.45) is 7.05 Å². The van der Waals surface area contributed by atoms with Crippen LogP contribution in [0.5, 0.6) is 0 Å². The summed E-state index contributed by atoms with van der Waals surface area (Å²) in [5, 5.41) is 10.2. The van der Waals surface area contributed by atoms with E-state index in [1.807, 2.05) is 11.6 Å². The number of ether oxygens (including phenoxy) is 1. The number of nitrogens with zero attached hydrogens (tertiary/aromatic N) is 3. The first-order valence-corrected chi connectivity index (χ1v) is 4.47. The molecule has 14 heavy (non-hydrogen) atoms. The molecule has 1 heterocycles. The van der Waals surface area contributed by atoms with Crippen LogP contribution in [0.1, 0.15) is 12.7 Å². The summed E-state index contributed by atoms with van der Waals surface area (Å²) in [7, 11) is 1.86. The lowest BCUT2D eigenvalue weighted by molar-refractivity contribution is 0.152. The van der Waals surface area contributed by atoms with Crippen LogP contribution < -0.4 is 5.32 Å². The maximum absolute atomic E-state index is 10.9. The van der Waals surface area contributed by atoms with Gasteiger partial charge in [0.1, 0.15) is 12.2 Å². The molecule has 6 nitrogen and oxygen atoms in total. The van der Waals surface area contributed by atoms with Gasteiger partial charge in [-0.1, -0.05) is 0 Å². The van der Waals surface area contributed by atoms with Crippen molar-refractivity contribution >= 4 is 6.09 Å². The molecule has 6 heteroatoms. The number of alkyl carbamates (subject to hydrolysis) is 1. The van der Waals surface area contributed by atoms with Gasteiger partial charge in [0.05, 0.1) is 6.61 Å². The van der Waals surface area contributed by atoms with Gasteiger partial charge in [0, 0.05) is 20.0 Å². The van der Waals surface area contributed by atoms with Gasteiger partial charge in [-0.2, -0.15) is 0 Å². The molecule has 0 bridgehead atoms. The Labute approximate surface area is 82.3 Å². The van der Waals surface area contributed by atoms with E-state index in [-0.39, 0.29) is 0 Å². The molecule has 0 fully saturated rings. The Bertz CT molecular complexity index is 297. The monoisotopic (exact) mass is 198 g/mol. The van der Waals surface area contributed by atoms with Gasteiger partial charge in [-0.3, -0.25) is 0 Å². The molecule has 0 aliphatic rings. The number of aryl methyl sites for hydroxylation is 1. The van der Waals surface area contributed by atoms with Gasteiger partial charge in [0.15, 0.2) is 0 Å². The Morgan fingerprint density at radius 1 is 1.71 bits per heavy atom. The van der Waals surface area contributed by atoms with Crippen LogP contribution in [0.3, 0.4) is 0 Å². The molecule has 0 spiro atoms. The maximum Gasteiger partial charge on any atom is 0.407 e. The highest BCUT2D eigenvalue weighted by atomic mass is 16.5. The van der Waals surface area contributed by atoms with E-state index in [1.54, 1.807) is 13.3 Å². The number of carbonyl (C=O) groups is 1. The van der Waals surface area contributed by atoms with Crippen molar-refractivity contribution in [3.8, 4) is 0 Å². The van der Waals surface area contributed by atoms with Gasteiger partial charge in [0.2, 0.25) is 0 Å². The number of rotatable bonds is 4. The average molecular weight is 198 g/mol. The van der Waals surface area contributed by atoms with Crippen molar-refractivity contribution in [3.63, 3.8) is 0 Å². The summed E-state index contributed by atoms with van der Waals surface area (Å²) < 4.78 is 6.51. The van der Waals surface area contributed by atoms with E-state index >= 15 is 0 Å². The second kappa shape index (κ2) is 5.21. The van der Waals surface area contributed by atoms with Crippen molar-refractivity contribution < 1.29 is 9.53 Å². The summed E-state index contributed by atoms with van der Waals surface area (Å²) in [5.41, 5.74) is 0. The Hall–Kier alpha value is -1.59. The molecule has 0 aromatic carbocycles. The number of hydrogen-bond acceptors (Lipinski definition) is 4. The van der Waals surface area contributed by atoms with E-state index in [9.17, 15) is 4.79 Å². The summed E-state index contributed by atoms with van der Waals surface area (Å²) in [6.45, 7) is 2.66. The minimum absolute atomic E-state index is 0.385. The van der Waals surface area contributed by atoms with E-state index in [0.717, 1.165) is 5.82 Å². The van der Waals surface area contributed by atoms with Crippen molar-refractivity contribution in [1.29, 1.82) is 0 Å². The highest BCUT2D eigenvalue weighted by molar-refractivity contribution is 5.66. The SMILES string of the molecule is CCOC(=O)NCCc1nncn1C. The summed E-state index contributed by atoms with van der Waals surface area (Å²) in [4.78, 5) is 10.9. The first-order chi connectivity index (χ1) is 6.74. The average Bonchev–Trinajstić information content (AvgIpc) is 2.52. The third kappa shape index (κ3) is 3.04. The molecule has 1 aromatic rings. The quantitative estimate of drug-likeness (QED) is 0.745. The summed E-state index contributed by atoms with van der Waals surface area (Å²) in [6.07, 6.45) is 1.88. The fourth-order valence-electron chi connectivity index (χ4n) is 0.992. The molecular formula is C8H14N4O2. The first kappa shape index (κ1) is 10.5. The topological polar surface area (TPSA) is 69.0 Å². The van der Waals surface area contributed by atoms with Crippen LogP contribution in [0.15, 0.2) is 6.33 Å². The van der Waals surface area contributed by atoms with Crippen LogP contribution in [-0.2, 0) is 18.2 Å². The zero-order valence-corrected chi connectivity index (χ0v) is 8.36. The lowest BCUT2D eigenvalue weighted by Crippen LogP contribution is -2.27. The number of hydrogen-bond donors (Lipinski definition) is 1. The molecule has 0 aliphatic carbocycles. The minimum atomic E-state index is -0.394. The van der Waals surface area contributed by atoms with Crippen molar-refractivity contribution in [2.75, 3.05) is 13.2 Å². The van der Waals surface area contributed by atoms with Gasteiger partial charge in [-0.05, 0) is 6.92 Å². The van der Waals surface area contributed by atoms with Gasteiger partial charge in [-0.15, -0.1) is 10.2 Å². The second-order valence-corrected chi connectivity index (χ2v) is 2.76. The Kier molecular flexibility index (Phi) is 3.90. The first-order valence-electron chi connectivity index (χ1n) is 4.47. The number of nitrogens with one attached hydrogen (secondary N) is 1. The normalized spacial score (nSPS) is 9.86. The van der Waals surface area contributed by atoms with E-state index in [2.05, 4.69) is 15.5 Å². The molecule has 0 aliphatic heterocycles. The second-order valence-electron chi connectivity index (χ2n) is 2.76. The standard InChI is InChI=1S/C8H14N4O2/c1-3-14-8(13)9-5-4-7-11-10-6-12(7)2/h6H,3-5H2,1-2H3,(H,9,13). The summed E-state index contributed by atoms with van der Waals surface area (Å²) in [5.74, 6) is 0.835. The minimum Gasteiger partial charge on any atom is -0.450 e. The van der Waals surface area contributed by atoms with Gasteiger partial charge in [0.25, 0.3) is 0 Å². The van der Waals surface area contributed by atoms with Crippen LogP contribution in [-0.4, -0.2) is 34.0 Å². The number of aromatic nitrogens is 3. The molecule has 1 aromatic heterocycles. The van der Waals surface area contributed by atoms with Crippen LogP contribution in [0, 0.1) is 0 Å². The highest BCUT2D eigenvalue weighted by Gasteiger charge is 2.02. The van der Waals surface area contributed by atoms with Crippen molar-refractivity contribution in [1.82, 2.24) is 20.1 Å². The van der Waals surface area contributed by atoms with E-state index < -0.39 is 6.09 Å². The third-order valence-electron chi connectivity index (χ3n) is 1.70. The van der Waals surface area contributed by atoms with Crippen LogP contribution >= 0.6 is 0 Å². The molecule has 0 saturated carbocycles. The highest BCUT2D eigenvalue weighted by Crippen LogP contribution is 1.91. The fraction of sp³-hybridized carbons (Fsp3) is 0.625. The smallest absolute Gasteiger partial charge is 0.407 e. The molecule has 1 N–H and O–H groups in total. The van der Waals surface area contributed by atoms with Gasteiger partial charge >= 0.3 is 6.09 Å². The van der Waals surface area contributed by atoms with Crippen molar-refractivity contribution in [3.05, 3.63) is 12.2 Å². The Morgan fingerprint density at radius 3 is 3.07 bits per heavy atom. The largest absolute Gasteiger partial charge is 0.450 e. The fourth-order valence-corrected chi connectivity index (χ4v) is 0.992. The molecule has 0 atom stereocenters. The maximum atomic E-state index is 10.9. The van der Waals surface area contributed by atoms with E-state index in [0.29, 0.717) is 19.6 Å². The summed E-state index contributed by atoms with van der Waals surface area (Å²) in [6, 6.07) is 0. The molecule has 1 rings (SSSR count).